The Balaban J connectivity index is 4.52. The number of carbonyl (C=O) groups is 1. The maximum atomic E-state index is 11.0. The van der Waals surface area contributed by atoms with Gasteiger partial charge in [0.25, 0.3) is 0 Å². The SMILES string of the molecule is C=C(C)CCC(C)(C(=C)C)C(=O)O. The average Bonchev–Trinajstić information content (AvgIpc) is 1.99. The smallest absolute Gasteiger partial charge is 0.313 e. The molecule has 0 saturated heterocycles. The first-order valence-electron chi connectivity index (χ1n) is 4.34. The molecule has 0 fully saturated rings. The molecule has 13 heavy (non-hydrogen) atoms. The van der Waals surface area contributed by atoms with Crippen molar-refractivity contribution >= 4 is 5.97 Å². The molecule has 0 bridgehead atoms. The monoisotopic (exact) mass is 182 g/mol. The molecule has 0 aliphatic carbocycles. The minimum absolute atomic E-state index is 0.576. The van der Waals surface area contributed by atoms with Crippen LogP contribution in [0.3, 0.4) is 0 Å². The van der Waals surface area contributed by atoms with Gasteiger partial charge in [0.15, 0.2) is 0 Å². The summed E-state index contributed by atoms with van der Waals surface area (Å²) in [7, 11) is 0. The Morgan fingerprint density at radius 2 is 1.85 bits per heavy atom. The molecule has 0 aromatic heterocycles. The molecule has 0 radical (unpaired) electrons. The molecule has 1 N–H and O–H groups in total. The molecule has 0 aromatic carbocycles. The highest BCUT2D eigenvalue weighted by Crippen LogP contribution is 2.32. The van der Waals surface area contributed by atoms with Crippen molar-refractivity contribution in [2.45, 2.75) is 33.6 Å². The van der Waals surface area contributed by atoms with Gasteiger partial charge < -0.3 is 5.11 Å². The van der Waals surface area contributed by atoms with Gasteiger partial charge in [-0.15, -0.1) is 6.58 Å². The molecule has 0 heterocycles. The summed E-state index contributed by atoms with van der Waals surface area (Å²) in [6.45, 7) is 12.8. The second kappa shape index (κ2) is 4.26. The topological polar surface area (TPSA) is 37.3 Å². The fourth-order valence-electron chi connectivity index (χ4n) is 0.966. The number of carboxylic acids is 1. The molecule has 0 aromatic rings. The fraction of sp³-hybridized carbons (Fsp3) is 0.545. The molecule has 1 unspecified atom stereocenters. The Hall–Kier alpha value is -1.05. The van der Waals surface area contributed by atoms with E-state index >= 15 is 0 Å². The van der Waals surface area contributed by atoms with Gasteiger partial charge in [0.05, 0.1) is 5.41 Å². The molecule has 2 nitrogen and oxygen atoms in total. The summed E-state index contributed by atoms with van der Waals surface area (Å²) in [5.41, 5.74) is 0.897. The molecule has 0 aliphatic rings. The Bertz CT molecular complexity index is 224. The summed E-state index contributed by atoms with van der Waals surface area (Å²) >= 11 is 0. The van der Waals surface area contributed by atoms with Crippen LogP contribution in [0.2, 0.25) is 0 Å². The number of aliphatic carboxylic acids is 1. The van der Waals surface area contributed by atoms with Crippen molar-refractivity contribution < 1.29 is 9.90 Å². The predicted octanol–water partition coefficient (Wildman–Crippen LogP) is 3.01. The van der Waals surface area contributed by atoms with Crippen LogP contribution in [0.15, 0.2) is 24.3 Å². The third kappa shape index (κ3) is 3.05. The van der Waals surface area contributed by atoms with Crippen molar-refractivity contribution in [2.24, 2.45) is 5.41 Å². The lowest BCUT2D eigenvalue weighted by Gasteiger charge is -2.25. The highest BCUT2D eigenvalue weighted by Gasteiger charge is 2.33. The van der Waals surface area contributed by atoms with Crippen molar-refractivity contribution in [1.82, 2.24) is 0 Å². The normalized spacial score (nSPS) is 14.7. The van der Waals surface area contributed by atoms with Crippen LogP contribution in [0.4, 0.5) is 0 Å². The zero-order valence-electron chi connectivity index (χ0n) is 8.68. The molecule has 2 heteroatoms. The van der Waals surface area contributed by atoms with Gasteiger partial charge in [0.1, 0.15) is 0 Å². The van der Waals surface area contributed by atoms with E-state index in [9.17, 15) is 4.79 Å². The van der Waals surface area contributed by atoms with Crippen molar-refractivity contribution in [3.8, 4) is 0 Å². The van der Waals surface area contributed by atoms with Crippen LogP contribution in [0.5, 0.6) is 0 Å². The summed E-state index contributed by atoms with van der Waals surface area (Å²) in [5.74, 6) is -0.804. The van der Waals surface area contributed by atoms with E-state index < -0.39 is 11.4 Å². The highest BCUT2D eigenvalue weighted by atomic mass is 16.4. The first-order valence-corrected chi connectivity index (χ1v) is 4.34. The van der Waals surface area contributed by atoms with E-state index in [1.54, 1.807) is 13.8 Å². The van der Waals surface area contributed by atoms with Crippen molar-refractivity contribution in [2.75, 3.05) is 0 Å². The van der Waals surface area contributed by atoms with Crippen molar-refractivity contribution in [3.63, 3.8) is 0 Å². The Labute approximate surface area is 80.0 Å². The lowest BCUT2D eigenvalue weighted by atomic mass is 9.79. The zero-order chi connectivity index (χ0) is 10.6. The van der Waals surface area contributed by atoms with Crippen LogP contribution in [-0.2, 0) is 4.79 Å². The van der Waals surface area contributed by atoms with Gasteiger partial charge in [-0.3, -0.25) is 4.79 Å². The van der Waals surface area contributed by atoms with Crippen molar-refractivity contribution in [1.29, 1.82) is 0 Å². The third-order valence-corrected chi connectivity index (χ3v) is 2.47. The molecule has 1 atom stereocenters. The average molecular weight is 182 g/mol. The minimum Gasteiger partial charge on any atom is -0.481 e. The lowest BCUT2D eigenvalue weighted by molar-refractivity contribution is -0.146. The third-order valence-electron chi connectivity index (χ3n) is 2.47. The molecule has 0 amide bonds. The second-order valence-corrected chi connectivity index (χ2v) is 3.87. The first-order chi connectivity index (χ1) is 5.80. The zero-order valence-corrected chi connectivity index (χ0v) is 8.68. The quantitative estimate of drug-likeness (QED) is 0.663. The van der Waals surface area contributed by atoms with Gasteiger partial charge >= 0.3 is 5.97 Å². The highest BCUT2D eigenvalue weighted by molar-refractivity contribution is 5.77. The number of hydrogen-bond acceptors (Lipinski definition) is 1. The van der Waals surface area contributed by atoms with Crippen LogP contribution >= 0.6 is 0 Å². The van der Waals surface area contributed by atoms with Gasteiger partial charge in [-0.05, 0) is 33.6 Å². The summed E-state index contributed by atoms with van der Waals surface area (Å²) in [4.78, 5) is 11.0. The lowest BCUT2D eigenvalue weighted by Crippen LogP contribution is -2.28. The van der Waals surface area contributed by atoms with E-state index in [0.29, 0.717) is 12.0 Å². The van der Waals surface area contributed by atoms with Crippen LogP contribution in [0.25, 0.3) is 0 Å². The maximum absolute atomic E-state index is 11.0. The number of rotatable bonds is 5. The number of hydrogen-bond donors (Lipinski definition) is 1. The van der Waals surface area contributed by atoms with Crippen LogP contribution in [0.1, 0.15) is 33.6 Å². The van der Waals surface area contributed by atoms with E-state index in [2.05, 4.69) is 13.2 Å². The fourth-order valence-corrected chi connectivity index (χ4v) is 0.966. The maximum Gasteiger partial charge on any atom is 0.313 e. The molecule has 0 rings (SSSR count). The van der Waals surface area contributed by atoms with Crippen LogP contribution in [-0.4, -0.2) is 11.1 Å². The van der Waals surface area contributed by atoms with E-state index in [1.165, 1.54) is 0 Å². The van der Waals surface area contributed by atoms with Crippen molar-refractivity contribution in [3.05, 3.63) is 24.3 Å². The minimum atomic E-state index is -0.807. The summed E-state index contributed by atoms with van der Waals surface area (Å²) in [6, 6.07) is 0. The number of carboxylic acid groups (broad SMARTS) is 1. The number of allylic oxidation sites excluding steroid dienone is 1. The molecule has 0 spiro atoms. The predicted molar refractivity (Wildman–Crippen MR) is 54.6 cm³/mol. The Morgan fingerprint density at radius 1 is 1.38 bits per heavy atom. The molecule has 74 valence electrons. The second-order valence-electron chi connectivity index (χ2n) is 3.87. The van der Waals surface area contributed by atoms with Gasteiger partial charge in [-0.1, -0.05) is 17.7 Å². The molecular weight excluding hydrogens is 164 g/mol. The van der Waals surface area contributed by atoms with Gasteiger partial charge in [0, 0.05) is 0 Å². The Kier molecular flexibility index (Phi) is 3.92. The Morgan fingerprint density at radius 3 is 2.08 bits per heavy atom. The molecular formula is C11H18O2. The summed E-state index contributed by atoms with van der Waals surface area (Å²) in [5, 5.41) is 9.03. The first kappa shape index (κ1) is 11.9. The summed E-state index contributed by atoms with van der Waals surface area (Å²) < 4.78 is 0. The largest absolute Gasteiger partial charge is 0.481 e. The van der Waals surface area contributed by atoms with Gasteiger partial charge in [0.2, 0.25) is 0 Å². The summed E-state index contributed by atoms with van der Waals surface area (Å²) in [6.07, 6.45) is 1.31. The van der Waals surface area contributed by atoms with Crippen LogP contribution < -0.4 is 0 Å². The van der Waals surface area contributed by atoms with E-state index in [4.69, 9.17) is 5.11 Å². The standard InChI is InChI=1S/C11H18O2/c1-8(2)6-7-11(5,9(3)4)10(12)13/h1,3,6-7H2,2,4-5H3,(H,12,13). The van der Waals surface area contributed by atoms with Gasteiger partial charge in [-0.25, -0.2) is 0 Å². The van der Waals surface area contributed by atoms with Crippen LogP contribution in [0, 0.1) is 5.41 Å². The van der Waals surface area contributed by atoms with E-state index in [-0.39, 0.29) is 0 Å². The molecule has 0 aliphatic heterocycles. The van der Waals surface area contributed by atoms with E-state index in [1.807, 2.05) is 6.92 Å². The van der Waals surface area contributed by atoms with E-state index in [0.717, 1.165) is 12.0 Å². The molecule has 0 saturated carbocycles. The van der Waals surface area contributed by atoms with Gasteiger partial charge in [-0.2, -0.15) is 0 Å².